The Labute approximate surface area is 64.0 Å². The average Bonchev–Trinajstić information content (AvgIpc) is 1.91. The molecule has 2 bridgehead atoms. The van der Waals surface area contributed by atoms with Gasteiger partial charge in [0.25, 0.3) is 11.1 Å². The number of carbonyl (C=O) groups excluding carboxylic acids is 2. The molecule has 2 unspecified atom stereocenters. The van der Waals surface area contributed by atoms with Crippen LogP contribution in [0, 0.1) is 0 Å². The molecule has 3 rings (SSSR count). The highest BCUT2D eigenvalue weighted by Crippen LogP contribution is 2.44. The van der Waals surface area contributed by atoms with Crippen molar-refractivity contribution in [1.82, 2.24) is 10.0 Å². The summed E-state index contributed by atoms with van der Waals surface area (Å²) in [6.07, 6.45) is 0. The van der Waals surface area contributed by atoms with E-state index in [1.54, 1.807) is 10.8 Å². The van der Waals surface area contributed by atoms with Gasteiger partial charge in [0.1, 0.15) is 6.04 Å². The maximum absolute atomic E-state index is 10.9. The van der Waals surface area contributed by atoms with Crippen LogP contribution in [0.1, 0.15) is 0 Å². The summed E-state index contributed by atoms with van der Waals surface area (Å²) < 4.78 is 2.64. The quantitative estimate of drug-likeness (QED) is 0.355. The molecule has 0 aromatic rings. The average molecular weight is 178 g/mol. The van der Waals surface area contributed by atoms with Crippen LogP contribution in [0.2, 0.25) is 0 Å². The second-order valence-electron chi connectivity index (χ2n) is 2.07. The highest BCUT2D eigenvalue weighted by molar-refractivity contribution is 8.90. The van der Waals surface area contributed by atoms with Crippen molar-refractivity contribution >= 4 is 32.1 Å². The molecule has 3 aliphatic heterocycles. The SMILES string of the molecule is O=C1N[SH]2SCC1NC2=O. The number of fused-ring (bicyclic) bond motifs is 3. The number of hydrogen-bond acceptors (Lipinski definition) is 3. The van der Waals surface area contributed by atoms with Gasteiger partial charge in [-0.25, -0.2) is 0 Å². The topological polar surface area (TPSA) is 58.2 Å². The second kappa shape index (κ2) is 2.06. The summed E-state index contributed by atoms with van der Waals surface area (Å²) in [4.78, 5) is 21.8. The van der Waals surface area contributed by atoms with Crippen LogP contribution < -0.4 is 10.0 Å². The van der Waals surface area contributed by atoms with Gasteiger partial charge in [-0.2, -0.15) is 0 Å². The van der Waals surface area contributed by atoms with Crippen LogP contribution in [-0.4, -0.2) is 22.9 Å². The number of thiol groups is 1. The Morgan fingerprint density at radius 1 is 1.60 bits per heavy atom. The number of carbonyl (C=O) groups is 2. The minimum atomic E-state index is -0.937. The number of hydrogen-bond donors (Lipinski definition) is 3. The van der Waals surface area contributed by atoms with Gasteiger partial charge in [0.2, 0.25) is 0 Å². The molecule has 0 aromatic carbocycles. The molecule has 0 spiro atoms. The van der Waals surface area contributed by atoms with Gasteiger partial charge >= 0.3 is 0 Å². The lowest BCUT2D eigenvalue weighted by atomic mass is 10.3. The predicted octanol–water partition coefficient (Wildman–Crippen LogP) is -0.228. The molecule has 3 aliphatic rings. The van der Waals surface area contributed by atoms with Crippen molar-refractivity contribution in [2.75, 3.05) is 5.75 Å². The Morgan fingerprint density at radius 3 is 2.70 bits per heavy atom. The van der Waals surface area contributed by atoms with Gasteiger partial charge in [-0.3, -0.25) is 9.59 Å². The molecule has 10 heavy (non-hydrogen) atoms. The molecule has 0 aromatic heterocycles. The lowest BCUT2D eigenvalue weighted by Gasteiger charge is -2.36. The maximum atomic E-state index is 10.9. The lowest BCUT2D eigenvalue weighted by Crippen LogP contribution is -2.56. The Bertz CT molecular complexity index is 185. The largest absolute Gasteiger partial charge is 0.334 e. The standard InChI is InChI=1S/C4H6N2O2S2/c7-3-2-1-9-10(6-3)4(8)5-2/h2,10H,1H2,(H,5,8)(H,6,7). The van der Waals surface area contributed by atoms with Gasteiger partial charge in [0, 0.05) is 5.75 Å². The van der Waals surface area contributed by atoms with E-state index in [1.807, 2.05) is 0 Å². The third-order valence-electron chi connectivity index (χ3n) is 1.38. The normalized spacial score (nSPS) is 40.8. The highest BCUT2D eigenvalue weighted by atomic mass is 33.1. The van der Waals surface area contributed by atoms with Crippen LogP contribution in [0.4, 0.5) is 4.79 Å². The van der Waals surface area contributed by atoms with E-state index < -0.39 is 10.1 Å². The van der Waals surface area contributed by atoms with Crippen LogP contribution in [0.5, 0.6) is 0 Å². The van der Waals surface area contributed by atoms with E-state index in [1.165, 1.54) is 0 Å². The molecule has 2 atom stereocenters. The molecule has 3 heterocycles. The first kappa shape index (κ1) is 6.36. The molecule has 4 nitrogen and oxygen atoms in total. The minimum Gasteiger partial charge on any atom is -0.334 e. The molecule has 3 fully saturated rings. The molecule has 56 valence electrons. The van der Waals surface area contributed by atoms with Gasteiger partial charge in [0.15, 0.2) is 0 Å². The van der Waals surface area contributed by atoms with Gasteiger partial charge in [0.05, 0.1) is 0 Å². The highest BCUT2D eigenvalue weighted by Gasteiger charge is 2.37. The first-order valence-electron chi connectivity index (χ1n) is 2.81. The summed E-state index contributed by atoms with van der Waals surface area (Å²) in [5.74, 6) is 0.716. The summed E-state index contributed by atoms with van der Waals surface area (Å²) in [5, 5.41) is 2.62. The summed E-state index contributed by atoms with van der Waals surface area (Å²) in [6, 6.07) is -0.273. The van der Waals surface area contributed by atoms with Crippen LogP contribution >= 0.6 is 20.9 Å². The zero-order chi connectivity index (χ0) is 7.14. The van der Waals surface area contributed by atoms with Crippen molar-refractivity contribution in [2.24, 2.45) is 0 Å². The fraction of sp³-hybridized carbons (Fsp3) is 0.500. The fourth-order valence-electron chi connectivity index (χ4n) is 0.859. The molecular weight excluding hydrogens is 172 g/mol. The van der Waals surface area contributed by atoms with Gasteiger partial charge in [-0.1, -0.05) is 10.8 Å². The fourth-order valence-corrected chi connectivity index (χ4v) is 4.17. The van der Waals surface area contributed by atoms with Crippen molar-refractivity contribution in [3.8, 4) is 0 Å². The monoisotopic (exact) mass is 178 g/mol. The number of nitrogens with one attached hydrogen (secondary N) is 2. The zero-order valence-electron chi connectivity index (χ0n) is 4.96. The Hall–Kier alpha value is -0.360. The van der Waals surface area contributed by atoms with E-state index in [9.17, 15) is 9.59 Å². The Balaban J connectivity index is 2.23. The molecule has 3 saturated heterocycles. The van der Waals surface area contributed by atoms with Crippen LogP contribution in [-0.2, 0) is 4.79 Å². The van der Waals surface area contributed by atoms with Crippen molar-refractivity contribution in [3.63, 3.8) is 0 Å². The van der Waals surface area contributed by atoms with Gasteiger partial charge < -0.3 is 10.0 Å². The van der Waals surface area contributed by atoms with E-state index in [4.69, 9.17) is 0 Å². The van der Waals surface area contributed by atoms with Crippen molar-refractivity contribution in [2.45, 2.75) is 6.04 Å². The van der Waals surface area contributed by atoms with E-state index in [0.717, 1.165) is 5.75 Å². The Kier molecular flexibility index (Phi) is 1.31. The first-order chi connectivity index (χ1) is 4.77. The molecule has 0 saturated carbocycles. The third-order valence-corrected chi connectivity index (χ3v) is 5.04. The van der Waals surface area contributed by atoms with Gasteiger partial charge in [-0.05, 0) is 10.1 Å². The lowest BCUT2D eigenvalue weighted by molar-refractivity contribution is -0.120. The van der Waals surface area contributed by atoms with Crippen molar-refractivity contribution in [3.05, 3.63) is 0 Å². The van der Waals surface area contributed by atoms with Crippen LogP contribution in [0.3, 0.4) is 0 Å². The maximum Gasteiger partial charge on any atom is 0.285 e. The number of amides is 2. The molecule has 2 N–H and O–H groups in total. The molecule has 6 heteroatoms. The molecular formula is C4H6N2O2S2. The molecule has 2 amide bonds. The third kappa shape index (κ3) is 0.791. The van der Waals surface area contributed by atoms with E-state index in [-0.39, 0.29) is 17.2 Å². The first-order valence-corrected chi connectivity index (χ1v) is 5.74. The van der Waals surface area contributed by atoms with Crippen molar-refractivity contribution < 1.29 is 9.59 Å². The van der Waals surface area contributed by atoms with E-state index in [0.29, 0.717) is 0 Å². The summed E-state index contributed by atoms with van der Waals surface area (Å²) in [6.45, 7) is 0. The second-order valence-corrected chi connectivity index (χ2v) is 5.75. The van der Waals surface area contributed by atoms with E-state index >= 15 is 0 Å². The summed E-state index contributed by atoms with van der Waals surface area (Å²) in [7, 11) is 0.609. The van der Waals surface area contributed by atoms with Gasteiger partial charge in [-0.15, -0.1) is 0 Å². The molecule has 0 aliphatic carbocycles. The number of rotatable bonds is 0. The Morgan fingerprint density at radius 2 is 2.40 bits per heavy atom. The van der Waals surface area contributed by atoms with Crippen molar-refractivity contribution in [1.29, 1.82) is 0 Å². The zero-order valence-corrected chi connectivity index (χ0v) is 6.67. The molecule has 0 radical (unpaired) electrons. The van der Waals surface area contributed by atoms with Crippen LogP contribution in [0.15, 0.2) is 0 Å². The van der Waals surface area contributed by atoms with Crippen LogP contribution in [0.25, 0.3) is 0 Å². The summed E-state index contributed by atoms with van der Waals surface area (Å²) in [5.41, 5.74) is 0. The summed E-state index contributed by atoms with van der Waals surface area (Å²) >= 11 is 0. The minimum absolute atomic E-state index is 0.00384. The van der Waals surface area contributed by atoms with E-state index in [2.05, 4.69) is 10.0 Å². The predicted molar refractivity (Wildman–Crippen MR) is 41.9 cm³/mol. The smallest absolute Gasteiger partial charge is 0.285 e.